The van der Waals surface area contributed by atoms with E-state index < -0.39 is 0 Å². The monoisotopic (exact) mass is 407 g/mol. The number of hydrogen-bond acceptors (Lipinski definition) is 3. The number of aryl methyl sites for hydroxylation is 1. The number of amidine groups is 1. The van der Waals surface area contributed by atoms with Gasteiger partial charge in [-0.05, 0) is 42.8 Å². The van der Waals surface area contributed by atoms with Crippen molar-refractivity contribution in [2.24, 2.45) is 5.73 Å². The number of nitrogens with zero attached hydrogens (tertiary/aromatic N) is 1. The lowest BCUT2D eigenvalue weighted by Gasteiger charge is -2.07. The zero-order chi connectivity index (χ0) is 15.7. The van der Waals surface area contributed by atoms with Crippen molar-refractivity contribution in [1.29, 1.82) is 5.41 Å². The average molecular weight is 409 g/mol. The molecule has 0 aliphatic carbocycles. The molecule has 0 spiro atoms. The molecule has 0 saturated carbocycles. The Bertz CT molecular complexity index is 866. The summed E-state index contributed by atoms with van der Waals surface area (Å²) in [6.45, 7) is 2.10. The van der Waals surface area contributed by atoms with Crippen LogP contribution in [0.3, 0.4) is 0 Å². The van der Waals surface area contributed by atoms with E-state index in [-0.39, 0.29) is 18.2 Å². The van der Waals surface area contributed by atoms with Crippen molar-refractivity contribution in [3.63, 3.8) is 0 Å². The van der Waals surface area contributed by atoms with Crippen LogP contribution in [0.2, 0.25) is 0 Å². The molecule has 1 heterocycles. The van der Waals surface area contributed by atoms with Crippen LogP contribution in [-0.4, -0.2) is 10.8 Å². The van der Waals surface area contributed by atoms with Crippen LogP contribution < -0.4 is 5.73 Å². The minimum Gasteiger partial charge on any atom is -0.384 e. The number of benzene rings is 2. The van der Waals surface area contributed by atoms with Gasteiger partial charge in [0, 0.05) is 20.3 Å². The number of nitrogens with one attached hydrogen (secondary N) is 1. The Hall–Kier alpha value is -1.56. The Morgan fingerprint density at radius 1 is 1.13 bits per heavy atom. The number of nitrogens with two attached hydrogens (primary N) is 1. The number of nitrogen functional groups attached to an aromatic ring is 1. The SMILES string of the molecule is Cc1cc(Sc2ccc(C(=N)N)cc2)nc2cc(Br)ccc12.Cl. The molecule has 3 aromatic rings. The summed E-state index contributed by atoms with van der Waals surface area (Å²) >= 11 is 5.10. The summed E-state index contributed by atoms with van der Waals surface area (Å²) in [6, 6.07) is 15.9. The van der Waals surface area contributed by atoms with Gasteiger partial charge in [0.15, 0.2) is 0 Å². The van der Waals surface area contributed by atoms with Gasteiger partial charge in [-0.25, -0.2) is 4.98 Å². The third-order valence-electron chi connectivity index (χ3n) is 3.34. The van der Waals surface area contributed by atoms with E-state index in [2.05, 4.69) is 35.0 Å². The maximum Gasteiger partial charge on any atom is 0.122 e. The molecule has 0 atom stereocenters. The molecule has 118 valence electrons. The van der Waals surface area contributed by atoms with Crippen LogP contribution in [0, 0.1) is 12.3 Å². The Kier molecular flexibility index (Phi) is 5.68. The highest BCUT2D eigenvalue weighted by molar-refractivity contribution is 9.10. The predicted octanol–water partition coefficient (Wildman–Crippen LogP) is 5.16. The van der Waals surface area contributed by atoms with Gasteiger partial charge >= 0.3 is 0 Å². The molecule has 0 amide bonds. The molecule has 3 nitrogen and oxygen atoms in total. The van der Waals surface area contributed by atoms with E-state index in [1.54, 1.807) is 11.8 Å². The third kappa shape index (κ3) is 4.05. The summed E-state index contributed by atoms with van der Waals surface area (Å²) in [5.41, 5.74) is 8.40. The van der Waals surface area contributed by atoms with E-state index in [9.17, 15) is 0 Å². The van der Waals surface area contributed by atoms with Gasteiger partial charge < -0.3 is 5.73 Å². The number of aromatic nitrogens is 1. The van der Waals surface area contributed by atoms with Gasteiger partial charge in [0.1, 0.15) is 10.9 Å². The van der Waals surface area contributed by atoms with Crippen molar-refractivity contribution in [1.82, 2.24) is 4.98 Å². The van der Waals surface area contributed by atoms with E-state index in [4.69, 9.17) is 16.1 Å². The average Bonchev–Trinajstić information content (AvgIpc) is 2.47. The Balaban J connectivity index is 0.00000192. The van der Waals surface area contributed by atoms with Gasteiger partial charge in [-0.15, -0.1) is 12.4 Å². The zero-order valence-corrected chi connectivity index (χ0v) is 15.6. The molecule has 3 rings (SSSR count). The standard InChI is InChI=1S/C17H14BrN3S.ClH/c1-10-8-16(21-15-9-12(18)4-7-14(10)15)22-13-5-2-11(3-6-13)17(19)20;/h2-9H,1H3,(H3,19,20);1H. The molecule has 0 saturated heterocycles. The smallest absolute Gasteiger partial charge is 0.122 e. The summed E-state index contributed by atoms with van der Waals surface area (Å²) in [7, 11) is 0. The molecule has 0 aliphatic heterocycles. The van der Waals surface area contributed by atoms with Crippen LogP contribution in [-0.2, 0) is 0 Å². The van der Waals surface area contributed by atoms with Crippen LogP contribution in [0.15, 0.2) is 62.9 Å². The summed E-state index contributed by atoms with van der Waals surface area (Å²) in [5, 5.41) is 9.54. The van der Waals surface area contributed by atoms with E-state index in [0.29, 0.717) is 0 Å². The van der Waals surface area contributed by atoms with Gasteiger partial charge in [-0.3, -0.25) is 5.41 Å². The molecular weight excluding hydrogens is 394 g/mol. The lowest BCUT2D eigenvalue weighted by molar-refractivity contribution is 1.16. The van der Waals surface area contributed by atoms with Gasteiger partial charge in [-0.2, -0.15) is 0 Å². The first kappa shape index (κ1) is 17.8. The first-order valence-corrected chi connectivity index (χ1v) is 8.33. The third-order valence-corrected chi connectivity index (χ3v) is 4.76. The summed E-state index contributed by atoms with van der Waals surface area (Å²) in [6.07, 6.45) is 0. The van der Waals surface area contributed by atoms with Crippen molar-refractivity contribution < 1.29 is 0 Å². The topological polar surface area (TPSA) is 62.8 Å². The maximum absolute atomic E-state index is 7.42. The highest BCUT2D eigenvalue weighted by Gasteiger charge is 2.06. The highest BCUT2D eigenvalue weighted by Crippen LogP contribution is 2.30. The van der Waals surface area contributed by atoms with Crippen LogP contribution in [0.25, 0.3) is 10.9 Å². The number of halogens is 2. The van der Waals surface area contributed by atoms with E-state index in [1.165, 1.54) is 10.9 Å². The molecule has 2 aromatic carbocycles. The van der Waals surface area contributed by atoms with Gasteiger partial charge in [-0.1, -0.05) is 45.9 Å². The molecule has 0 radical (unpaired) electrons. The van der Waals surface area contributed by atoms with Crippen LogP contribution >= 0.6 is 40.1 Å². The van der Waals surface area contributed by atoms with Crippen molar-refractivity contribution in [2.75, 3.05) is 0 Å². The molecule has 0 bridgehead atoms. The van der Waals surface area contributed by atoms with Crippen LogP contribution in [0.5, 0.6) is 0 Å². The minimum atomic E-state index is 0. The molecule has 0 unspecified atom stereocenters. The second-order valence-corrected chi connectivity index (χ2v) is 6.99. The first-order valence-electron chi connectivity index (χ1n) is 6.72. The Morgan fingerprint density at radius 2 is 1.83 bits per heavy atom. The fourth-order valence-corrected chi connectivity index (χ4v) is 3.46. The largest absolute Gasteiger partial charge is 0.384 e. The Morgan fingerprint density at radius 3 is 2.48 bits per heavy atom. The molecule has 1 aromatic heterocycles. The molecule has 23 heavy (non-hydrogen) atoms. The summed E-state index contributed by atoms with van der Waals surface area (Å²) in [5.74, 6) is 0.0843. The molecular formula is C17H15BrClN3S. The second kappa shape index (κ2) is 7.34. The van der Waals surface area contributed by atoms with Gasteiger partial charge in [0.05, 0.1) is 5.52 Å². The summed E-state index contributed by atoms with van der Waals surface area (Å²) in [4.78, 5) is 5.79. The summed E-state index contributed by atoms with van der Waals surface area (Å²) < 4.78 is 1.03. The maximum atomic E-state index is 7.42. The second-order valence-electron chi connectivity index (χ2n) is 4.98. The lowest BCUT2D eigenvalue weighted by Crippen LogP contribution is -2.10. The van der Waals surface area contributed by atoms with Crippen molar-refractivity contribution >= 4 is 56.8 Å². The minimum absolute atomic E-state index is 0. The molecule has 0 aliphatic rings. The van der Waals surface area contributed by atoms with Crippen molar-refractivity contribution in [2.45, 2.75) is 16.8 Å². The van der Waals surface area contributed by atoms with Crippen LogP contribution in [0.1, 0.15) is 11.1 Å². The fourth-order valence-electron chi connectivity index (χ4n) is 2.22. The Labute approximate surface area is 153 Å². The fraction of sp³-hybridized carbons (Fsp3) is 0.0588. The van der Waals surface area contributed by atoms with E-state index in [1.807, 2.05) is 36.4 Å². The zero-order valence-electron chi connectivity index (χ0n) is 12.3. The lowest BCUT2D eigenvalue weighted by atomic mass is 10.1. The van der Waals surface area contributed by atoms with Gasteiger partial charge in [0.25, 0.3) is 0 Å². The predicted molar refractivity (Wildman–Crippen MR) is 103 cm³/mol. The number of pyridine rings is 1. The van der Waals surface area contributed by atoms with E-state index >= 15 is 0 Å². The molecule has 0 fully saturated rings. The first-order chi connectivity index (χ1) is 10.5. The number of fused-ring (bicyclic) bond motifs is 1. The molecule has 3 N–H and O–H groups in total. The normalized spacial score (nSPS) is 10.3. The van der Waals surface area contributed by atoms with Crippen molar-refractivity contribution in [3.05, 3.63) is 64.1 Å². The molecule has 6 heteroatoms. The van der Waals surface area contributed by atoms with Crippen LogP contribution in [0.4, 0.5) is 0 Å². The quantitative estimate of drug-likeness (QED) is 0.464. The number of rotatable bonds is 3. The number of hydrogen-bond donors (Lipinski definition) is 2. The van der Waals surface area contributed by atoms with Crippen molar-refractivity contribution in [3.8, 4) is 0 Å². The van der Waals surface area contributed by atoms with E-state index in [0.717, 1.165) is 25.5 Å². The van der Waals surface area contributed by atoms with Gasteiger partial charge in [0.2, 0.25) is 0 Å². The highest BCUT2D eigenvalue weighted by atomic mass is 79.9.